The Kier molecular flexibility index (Phi) is 9.38. The molecule has 306 valence electrons. The number of benzene rings is 4. The van der Waals surface area contributed by atoms with Crippen LogP contribution in [-0.4, -0.2) is 56.4 Å². The third-order valence-corrected chi connectivity index (χ3v) is 5.95. The van der Waals surface area contributed by atoms with Crippen molar-refractivity contribution >= 4 is 34.1 Å². The molecule has 0 aliphatic heterocycles. The number of nitrogens with zero attached hydrogens (tertiary/aromatic N) is 2. The van der Waals surface area contributed by atoms with Crippen LogP contribution in [0.25, 0.3) is 0 Å². The van der Waals surface area contributed by atoms with Crippen molar-refractivity contribution in [3.8, 4) is 0 Å². The minimum atomic E-state index is -3.20. The van der Waals surface area contributed by atoms with Crippen LogP contribution in [0.5, 0.6) is 0 Å². The molecular formula is C45H61BrN2O8. The number of carbonyl (C=O) groups is 3. The van der Waals surface area contributed by atoms with Gasteiger partial charge in [-0.05, 0) is 76.6 Å². The lowest BCUT2D eigenvalue weighted by Gasteiger charge is -2.27. The van der Waals surface area contributed by atoms with Crippen molar-refractivity contribution < 1.29 is 77.4 Å². The average molecular weight is 866 g/mol. The Hall–Kier alpha value is -4.71. The molecule has 2 amide bonds. The molecule has 56 heavy (non-hydrogen) atoms. The van der Waals surface area contributed by atoms with E-state index >= 15 is 0 Å². The summed E-state index contributed by atoms with van der Waals surface area (Å²) in [5.41, 5.74) is -5.83. The van der Waals surface area contributed by atoms with E-state index in [0.717, 1.165) is 0 Å². The molecule has 0 unspecified atom stereocenters. The van der Waals surface area contributed by atoms with Crippen LogP contribution in [0, 0.1) is 5.41 Å². The van der Waals surface area contributed by atoms with E-state index in [2.05, 4.69) is 15.9 Å². The minimum Gasteiger partial charge on any atom is -0.442 e. The molecule has 10 nitrogen and oxygen atoms in total. The van der Waals surface area contributed by atoms with Gasteiger partial charge in [0.1, 0.15) is 11.2 Å². The van der Waals surface area contributed by atoms with E-state index in [1.165, 1.54) is 55.4 Å². The highest BCUT2D eigenvalue weighted by Crippen LogP contribution is 2.23. The first-order chi connectivity index (χ1) is 37.5. The molecule has 2 N–H and O–H groups in total. The Balaban J connectivity index is 0.000000582. The van der Waals surface area contributed by atoms with E-state index in [0.29, 0.717) is 6.42 Å². The molecule has 0 bridgehead atoms. The average Bonchev–Trinajstić information content (AvgIpc) is 1.81. The summed E-state index contributed by atoms with van der Waals surface area (Å²) in [5, 5.41) is 16.4. The molecule has 4 aromatic rings. The molecule has 0 radical (unpaired) electrons. The minimum absolute atomic E-state index is 0.139. The van der Waals surface area contributed by atoms with Crippen molar-refractivity contribution in [2.45, 2.75) is 105 Å². The Morgan fingerprint density at radius 3 is 1.43 bits per heavy atom. The number of aliphatic hydroxyl groups excluding tert-OH is 1. The van der Waals surface area contributed by atoms with Gasteiger partial charge in [-0.2, -0.15) is 0 Å². The highest BCUT2D eigenvalue weighted by Gasteiger charge is 2.30. The molecule has 0 aliphatic rings. The second-order valence-corrected chi connectivity index (χ2v) is 13.2. The van der Waals surface area contributed by atoms with Gasteiger partial charge in [0, 0.05) is 22.8 Å². The number of hydrogen-bond donors (Lipinski definition) is 2. The predicted molar refractivity (Wildman–Crippen MR) is 225 cm³/mol. The zero-order valence-corrected chi connectivity index (χ0v) is 33.6. The van der Waals surface area contributed by atoms with Crippen LogP contribution >= 0.6 is 15.9 Å². The van der Waals surface area contributed by atoms with Crippen molar-refractivity contribution in [3.05, 3.63) is 143 Å². The first-order valence-electron chi connectivity index (χ1n) is 30.1. The lowest BCUT2D eigenvalue weighted by molar-refractivity contribution is -0.178. The van der Waals surface area contributed by atoms with Crippen LogP contribution in [0.1, 0.15) is 129 Å². The molecule has 4 rings (SSSR count). The highest BCUT2D eigenvalue weighted by atomic mass is 79.9. The summed E-state index contributed by atoms with van der Waals surface area (Å²) >= 11 is 2.65. The fourth-order valence-corrected chi connectivity index (χ4v) is 2.97. The number of alkyl halides is 1. The van der Waals surface area contributed by atoms with Gasteiger partial charge in [-0.1, -0.05) is 158 Å². The molecule has 0 atom stereocenters. The van der Waals surface area contributed by atoms with Crippen LogP contribution in [0.4, 0.5) is 9.59 Å². The SMILES string of the molecule is [2H]c1c([2H])c([2H])c(C([2H])([2H])Br)c([2H])c1[2H].[2H]c1c([2H])c([2H])c(C([2H])([2H])CO)c([2H])c1[2H].[2H]c1c([2H])c([2H])c(C([2H])([2H])N(O)C(=O)C(C)(C)CC)c([2H])c1[2H].[2H]c1c([2H])c([2H])c(C([2H])([2H])N(OC(=O)OC(C)(C)C)C(=O)OC(C)(C)C)c([2H])c1[2H]. The maximum atomic E-state index is 12.6. The van der Waals surface area contributed by atoms with Crippen molar-refractivity contribution in [3.63, 3.8) is 0 Å². The summed E-state index contributed by atoms with van der Waals surface area (Å²) in [6.07, 6.45) is -4.96. The number of rotatable bonds is 9. The Morgan fingerprint density at radius 1 is 0.661 bits per heavy atom. The second kappa shape index (κ2) is 25.4. The smallest absolute Gasteiger partial charge is 0.442 e. The summed E-state index contributed by atoms with van der Waals surface area (Å²) in [6.45, 7) is 6.57. The van der Waals surface area contributed by atoms with E-state index < -0.39 is 204 Å². The molecule has 0 aromatic heterocycles. The van der Waals surface area contributed by atoms with E-state index in [9.17, 15) is 19.6 Å². The van der Waals surface area contributed by atoms with Crippen LogP contribution < -0.4 is 0 Å². The molecule has 0 heterocycles. The monoisotopic (exact) mass is 865 g/mol. The summed E-state index contributed by atoms with van der Waals surface area (Å²) < 4.78 is 223. The van der Waals surface area contributed by atoms with Gasteiger partial charge >= 0.3 is 12.2 Å². The van der Waals surface area contributed by atoms with Crippen LogP contribution in [-0.2, 0) is 43.8 Å². The van der Waals surface area contributed by atoms with Crippen molar-refractivity contribution in [2.24, 2.45) is 5.41 Å². The number of ether oxygens (including phenoxy) is 2. The number of amides is 2. The maximum absolute atomic E-state index is 12.6. The molecule has 0 saturated heterocycles. The molecule has 0 spiro atoms. The van der Waals surface area contributed by atoms with E-state index in [-0.39, 0.29) is 15.7 Å². The Labute approximate surface area is 381 Å². The lowest BCUT2D eigenvalue weighted by atomic mass is 9.89. The van der Waals surface area contributed by atoms with Crippen molar-refractivity contribution in [1.82, 2.24) is 10.1 Å². The topological polar surface area (TPSA) is 126 Å². The summed E-state index contributed by atoms with van der Waals surface area (Å²) in [7, 11) is 0. The number of halogens is 1. The summed E-state index contributed by atoms with van der Waals surface area (Å²) in [4.78, 5) is 41.8. The molecule has 0 saturated carbocycles. The number of carbonyl (C=O) groups excluding carboxylic acids is 3. The van der Waals surface area contributed by atoms with Gasteiger partial charge in [0.2, 0.25) is 0 Å². The number of hydroxylamine groups is 4. The van der Waals surface area contributed by atoms with E-state index in [1.807, 2.05) is 0 Å². The molecule has 4 aromatic carbocycles. The van der Waals surface area contributed by atoms with Gasteiger partial charge in [0.05, 0.1) is 45.9 Å². The summed E-state index contributed by atoms with van der Waals surface area (Å²) in [5.74, 6) is -0.947. The standard InChI is InChI=1S/C17H25NO5.C13H19NO2.C8H10O.C7H7Br/c1-16(2,3)21-14(19)18(12-13-10-8-7-9-11-13)23-15(20)22-17(4,5)6;1-4-13(2,3)12(15)14(16)10-11-8-6-5-7-9-11;9-7-6-8-4-2-1-3-5-8;8-6-7-4-2-1-3-5-7/h7-11H,12H2,1-6H3;5-9,16H,4,10H2,1-3H3;1-5,9H,6-7H2;1-5H,6H2/i7D,8D,9D,10D,11D,12D2;5D,6D,7D,8D,9D,10D2;2*1D,2D,3D,4D,5D,6D2. The lowest BCUT2D eigenvalue weighted by Crippen LogP contribution is -2.39. The van der Waals surface area contributed by atoms with Gasteiger partial charge in [0.15, 0.2) is 0 Å². The number of aliphatic hydroxyl groups is 1. The molecule has 0 fully saturated rings. The zero-order valence-electron chi connectivity index (χ0n) is 60.0. The van der Waals surface area contributed by atoms with Gasteiger partial charge in [-0.15, -0.1) is 5.06 Å². The fourth-order valence-electron chi connectivity index (χ4n) is 2.77. The Morgan fingerprint density at radius 2 is 1.05 bits per heavy atom. The quantitative estimate of drug-likeness (QED) is 0.0737. The molecule has 11 heteroatoms. The maximum Gasteiger partial charge on any atom is 0.534 e. The Bertz CT molecular complexity index is 3030. The van der Waals surface area contributed by atoms with Crippen LogP contribution in [0.15, 0.2) is 121 Å². The first-order valence-corrected chi connectivity index (χ1v) is 16.9. The van der Waals surface area contributed by atoms with E-state index in [1.54, 1.807) is 6.92 Å². The van der Waals surface area contributed by atoms with Crippen molar-refractivity contribution in [1.29, 1.82) is 0 Å². The fraction of sp³-hybridized carbons (Fsp3) is 0.400. The van der Waals surface area contributed by atoms with Gasteiger partial charge in [-0.3, -0.25) is 14.8 Å². The van der Waals surface area contributed by atoms with Crippen LogP contribution in [0.2, 0.25) is 0 Å². The first kappa shape index (κ1) is 20.6. The van der Waals surface area contributed by atoms with E-state index in [4.69, 9.17) is 57.8 Å². The van der Waals surface area contributed by atoms with Gasteiger partial charge in [0.25, 0.3) is 5.91 Å². The number of hydrogen-bond acceptors (Lipinski definition) is 8. The highest BCUT2D eigenvalue weighted by molar-refractivity contribution is 9.08. The molecule has 0 aliphatic carbocycles. The predicted octanol–water partition coefficient (Wildman–Crippen LogP) is 10.9. The third kappa shape index (κ3) is 22.6. The normalized spacial score (nSPS) is 18.9. The summed E-state index contributed by atoms with van der Waals surface area (Å²) in [6, 6.07) is -13.6. The third-order valence-electron chi connectivity index (χ3n) is 5.55. The van der Waals surface area contributed by atoms with Gasteiger partial charge < -0.3 is 14.6 Å². The van der Waals surface area contributed by atoms with Crippen LogP contribution in [0.3, 0.4) is 0 Å². The largest absolute Gasteiger partial charge is 0.534 e. The molecular weight excluding hydrogens is 776 g/mol. The van der Waals surface area contributed by atoms with Gasteiger partial charge in [-0.25, -0.2) is 14.7 Å². The zero-order chi connectivity index (χ0) is 66.8. The van der Waals surface area contributed by atoms with Crippen molar-refractivity contribution in [2.75, 3.05) is 6.61 Å². The second-order valence-electron chi connectivity index (χ2n) is 12.8.